The molecule has 0 unspecified atom stereocenters. The number of para-hydroxylation sites is 2. The van der Waals surface area contributed by atoms with Crippen molar-refractivity contribution >= 4 is 82.2 Å². The zero-order valence-electron chi connectivity index (χ0n) is 41.2. The van der Waals surface area contributed by atoms with Crippen molar-refractivity contribution in [2.75, 3.05) is 4.90 Å². The summed E-state index contributed by atoms with van der Waals surface area (Å²) in [4.78, 5) is 2.53. The number of rotatable bonds is 7. The van der Waals surface area contributed by atoms with Crippen LogP contribution < -0.4 is 4.90 Å². The van der Waals surface area contributed by atoms with Gasteiger partial charge < -0.3 is 14.0 Å². The van der Waals surface area contributed by atoms with Crippen molar-refractivity contribution in [3.8, 4) is 44.8 Å². The van der Waals surface area contributed by atoms with Crippen LogP contribution in [0, 0.1) is 0 Å². The van der Waals surface area contributed by atoms with Gasteiger partial charge in [-0.3, -0.25) is 0 Å². The molecule has 2 aromatic heterocycles. The van der Waals surface area contributed by atoms with E-state index in [0.717, 1.165) is 50.6 Å². The van der Waals surface area contributed by atoms with Crippen LogP contribution in [0.4, 0.5) is 17.1 Å². The predicted octanol–water partition coefficient (Wildman–Crippen LogP) is 19.3. The molecule has 0 radical (unpaired) electrons. The third-order valence-corrected chi connectivity index (χ3v) is 16.0. The van der Waals surface area contributed by atoms with Crippen molar-refractivity contribution in [2.24, 2.45) is 0 Å². The quantitative estimate of drug-likeness (QED) is 0.155. The summed E-state index contributed by atoms with van der Waals surface area (Å²) in [7, 11) is 0. The Hall–Kier alpha value is -9.44. The fourth-order valence-electron chi connectivity index (χ4n) is 12.6. The lowest BCUT2D eigenvalue weighted by molar-refractivity contribution is 0.660. The first kappa shape index (κ1) is 42.3. The minimum Gasteiger partial charge on any atom is -0.310 e. The molecule has 14 aromatic rings. The monoisotopic (exact) mass is 943 g/mol. The van der Waals surface area contributed by atoms with Crippen molar-refractivity contribution < 1.29 is 0 Å². The second-order valence-electron chi connectivity index (χ2n) is 20.5. The molecule has 0 fully saturated rings. The second kappa shape index (κ2) is 16.3. The van der Waals surface area contributed by atoms with Gasteiger partial charge in [-0.1, -0.05) is 202 Å². The molecule has 348 valence electrons. The highest BCUT2D eigenvalue weighted by Crippen LogP contribution is 2.52. The number of benzene rings is 12. The second-order valence-corrected chi connectivity index (χ2v) is 20.5. The van der Waals surface area contributed by atoms with Gasteiger partial charge in [-0.25, -0.2) is 0 Å². The van der Waals surface area contributed by atoms with Gasteiger partial charge in [-0.2, -0.15) is 0 Å². The lowest BCUT2D eigenvalue weighted by atomic mass is 9.82. The Labute approximate surface area is 430 Å². The number of nitrogens with zero attached hydrogens (tertiary/aromatic N) is 3. The maximum absolute atomic E-state index is 2.53. The number of fused-ring (bicyclic) bond motifs is 13. The van der Waals surface area contributed by atoms with Gasteiger partial charge in [0, 0.05) is 38.3 Å². The summed E-state index contributed by atoms with van der Waals surface area (Å²) in [6, 6.07) is 96.9. The molecule has 1 aliphatic carbocycles. The molecule has 0 saturated carbocycles. The van der Waals surface area contributed by atoms with Gasteiger partial charge in [0.2, 0.25) is 0 Å². The molecule has 15 rings (SSSR count). The van der Waals surface area contributed by atoms with Gasteiger partial charge >= 0.3 is 0 Å². The minimum absolute atomic E-state index is 0.209. The molecular weight excluding hydrogens is 895 g/mol. The van der Waals surface area contributed by atoms with Crippen molar-refractivity contribution in [1.82, 2.24) is 9.13 Å². The summed E-state index contributed by atoms with van der Waals surface area (Å²) in [6.07, 6.45) is 0. The van der Waals surface area contributed by atoms with Gasteiger partial charge in [-0.05, 0) is 139 Å². The van der Waals surface area contributed by atoms with Crippen LogP contribution in [0.5, 0.6) is 0 Å². The van der Waals surface area contributed by atoms with Crippen molar-refractivity contribution in [3.05, 3.63) is 272 Å². The molecule has 0 atom stereocenters. The summed E-state index contributed by atoms with van der Waals surface area (Å²) in [5.41, 5.74) is 19.8. The average Bonchev–Trinajstić information content (AvgIpc) is 4.07. The molecule has 0 saturated heterocycles. The topological polar surface area (TPSA) is 13.1 Å². The Morgan fingerprint density at radius 1 is 0.297 bits per heavy atom. The number of hydrogen-bond acceptors (Lipinski definition) is 1. The SMILES string of the molecule is CC1(C)c2ccccc2-c2ccc(N(c3cc(-c4ccccc4)cc(-c4ccccc4)c3)c3cc(-n4c5ccccc5c5c6ccccc6ccc54)cc(-n4c5ccccc5c5c6ccccc6ccc54)c3)cc21. The first-order chi connectivity index (χ1) is 36.5. The molecule has 0 N–H and O–H groups in total. The Morgan fingerprint density at radius 3 is 1.32 bits per heavy atom. The van der Waals surface area contributed by atoms with Gasteiger partial charge in [-0.15, -0.1) is 0 Å². The molecule has 2 heterocycles. The summed E-state index contributed by atoms with van der Waals surface area (Å²) < 4.78 is 5.01. The molecule has 0 spiro atoms. The van der Waals surface area contributed by atoms with Crippen LogP contribution in [0.2, 0.25) is 0 Å². The molecular formula is C71H49N3. The normalized spacial score (nSPS) is 12.8. The van der Waals surface area contributed by atoms with Crippen LogP contribution in [0.3, 0.4) is 0 Å². The first-order valence-corrected chi connectivity index (χ1v) is 25.7. The van der Waals surface area contributed by atoms with Crippen LogP contribution in [0.25, 0.3) is 110 Å². The summed E-state index contributed by atoms with van der Waals surface area (Å²) >= 11 is 0. The lowest BCUT2D eigenvalue weighted by Crippen LogP contribution is -2.17. The van der Waals surface area contributed by atoms with Gasteiger partial charge in [0.1, 0.15) is 0 Å². The standard InChI is InChI=1S/C71H49N3/c1-71(2)63-30-16-13-27-59(63)60-36-35-52(45-64(60)71)72(53-40-50(46-19-5-3-6-20-46)39-51(41-53)47-21-7-4-8-22-47)54-42-55(73-65-31-17-14-28-61(65)69-57-25-11-9-23-48(57)33-37-67(69)73)44-56(43-54)74-66-32-18-15-29-62(66)70-58-26-12-10-24-49(58)34-38-68(70)74/h3-45H,1-2H3. The van der Waals surface area contributed by atoms with Crippen LogP contribution >= 0.6 is 0 Å². The van der Waals surface area contributed by atoms with Crippen LogP contribution in [0.15, 0.2) is 261 Å². The highest BCUT2D eigenvalue weighted by molar-refractivity contribution is 6.22. The fourth-order valence-corrected chi connectivity index (χ4v) is 12.6. The van der Waals surface area contributed by atoms with E-state index in [2.05, 4.69) is 289 Å². The number of anilines is 3. The smallest absolute Gasteiger partial charge is 0.0547 e. The molecule has 0 bridgehead atoms. The highest BCUT2D eigenvalue weighted by Gasteiger charge is 2.36. The van der Waals surface area contributed by atoms with Crippen molar-refractivity contribution in [1.29, 1.82) is 0 Å². The Balaban J connectivity index is 1.08. The molecule has 0 amide bonds. The third-order valence-electron chi connectivity index (χ3n) is 16.0. The summed E-state index contributed by atoms with van der Waals surface area (Å²) in [6.45, 7) is 4.76. The molecule has 12 aromatic carbocycles. The lowest BCUT2D eigenvalue weighted by Gasteiger charge is -2.30. The van der Waals surface area contributed by atoms with E-state index in [-0.39, 0.29) is 5.41 Å². The molecule has 3 heteroatoms. The predicted molar refractivity (Wildman–Crippen MR) is 313 cm³/mol. The third kappa shape index (κ3) is 6.39. The average molecular weight is 944 g/mol. The van der Waals surface area contributed by atoms with E-state index in [9.17, 15) is 0 Å². The zero-order valence-corrected chi connectivity index (χ0v) is 41.2. The van der Waals surface area contributed by atoms with E-state index in [4.69, 9.17) is 0 Å². The first-order valence-electron chi connectivity index (χ1n) is 25.7. The van der Waals surface area contributed by atoms with E-state index < -0.39 is 0 Å². The summed E-state index contributed by atoms with van der Waals surface area (Å²) in [5, 5.41) is 9.94. The number of aromatic nitrogens is 2. The Morgan fingerprint density at radius 2 is 0.757 bits per heavy atom. The fraction of sp³-hybridized carbons (Fsp3) is 0.0423. The van der Waals surface area contributed by atoms with Crippen LogP contribution in [-0.4, -0.2) is 9.13 Å². The zero-order chi connectivity index (χ0) is 49.1. The molecule has 3 nitrogen and oxygen atoms in total. The van der Waals surface area contributed by atoms with E-state index >= 15 is 0 Å². The van der Waals surface area contributed by atoms with Gasteiger partial charge in [0.15, 0.2) is 0 Å². The largest absolute Gasteiger partial charge is 0.310 e. The number of hydrogen-bond donors (Lipinski definition) is 0. The molecule has 74 heavy (non-hydrogen) atoms. The van der Waals surface area contributed by atoms with E-state index in [1.54, 1.807) is 0 Å². The molecule has 1 aliphatic rings. The van der Waals surface area contributed by atoms with E-state index in [1.165, 1.54) is 87.5 Å². The molecule has 0 aliphatic heterocycles. The van der Waals surface area contributed by atoms with Crippen molar-refractivity contribution in [2.45, 2.75) is 19.3 Å². The van der Waals surface area contributed by atoms with Crippen molar-refractivity contribution in [3.63, 3.8) is 0 Å². The van der Waals surface area contributed by atoms with E-state index in [1.807, 2.05) is 0 Å². The van der Waals surface area contributed by atoms with E-state index in [0.29, 0.717) is 0 Å². The Kier molecular flexibility index (Phi) is 9.31. The van der Waals surface area contributed by atoms with Crippen LogP contribution in [0.1, 0.15) is 25.0 Å². The van der Waals surface area contributed by atoms with Gasteiger partial charge in [0.05, 0.1) is 39.1 Å². The summed E-state index contributed by atoms with van der Waals surface area (Å²) in [5.74, 6) is 0. The maximum Gasteiger partial charge on any atom is 0.0547 e. The maximum atomic E-state index is 2.53. The minimum atomic E-state index is -0.209. The highest BCUT2D eigenvalue weighted by atomic mass is 15.2. The Bertz CT molecular complexity index is 4340. The van der Waals surface area contributed by atoms with Gasteiger partial charge in [0.25, 0.3) is 0 Å². The van der Waals surface area contributed by atoms with Crippen LogP contribution in [-0.2, 0) is 5.41 Å².